The maximum absolute atomic E-state index is 13.3. The van der Waals surface area contributed by atoms with Gasteiger partial charge in [0.15, 0.2) is 5.11 Å². The van der Waals surface area contributed by atoms with E-state index in [0.717, 1.165) is 0 Å². The Morgan fingerprint density at radius 3 is 2.41 bits per heavy atom. The molecule has 0 radical (unpaired) electrons. The molecule has 1 aliphatic rings. The predicted molar refractivity (Wildman–Crippen MR) is 136 cm³/mol. The number of nitrogens with zero attached hydrogens (tertiary/aromatic N) is 2. The molecule has 1 heterocycles. The summed E-state index contributed by atoms with van der Waals surface area (Å²) < 4.78 is 11.8. The molecule has 0 unspecified atom stereocenters. The highest BCUT2D eigenvalue weighted by Gasteiger charge is 2.40. The van der Waals surface area contributed by atoms with E-state index in [0.29, 0.717) is 37.6 Å². The fraction of sp³-hybridized carbons (Fsp3) is 0.136. The van der Waals surface area contributed by atoms with Crippen LogP contribution in [-0.2, 0) is 14.3 Å². The van der Waals surface area contributed by atoms with Gasteiger partial charge in [-0.05, 0) is 92.1 Å². The molecule has 0 N–H and O–H groups in total. The smallest absolute Gasteiger partial charge is 0.325 e. The van der Waals surface area contributed by atoms with Gasteiger partial charge in [-0.15, -0.1) is 0 Å². The molecule has 1 saturated heterocycles. The van der Waals surface area contributed by atoms with Crippen molar-refractivity contribution in [3.8, 4) is 5.75 Å². The van der Waals surface area contributed by atoms with Crippen LogP contribution >= 0.6 is 55.7 Å². The van der Waals surface area contributed by atoms with Crippen molar-refractivity contribution in [3.05, 3.63) is 74.3 Å². The topological polar surface area (TPSA) is 59.1 Å². The summed E-state index contributed by atoms with van der Waals surface area (Å²) >= 11 is 18.5. The highest BCUT2D eigenvalue weighted by molar-refractivity contribution is 9.11. The van der Waals surface area contributed by atoms with Crippen LogP contribution in [0.15, 0.2) is 63.7 Å². The molecule has 1 amide bonds. The Morgan fingerprint density at radius 2 is 1.84 bits per heavy atom. The quantitative estimate of drug-likeness (QED) is 0.179. The van der Waals surface area contributed by atoms with Crippen LogP contribution in [-0.4, -0.2) is 42.2 Å². The van der Waals surface area contributed by atoms with Crippen LogP contribution in [0.5, 0.6) is 5.75 Å². The van der Waals surface area contributed by atoms with E-state index in [-0.39, 0.29) is 23.3 Å². The molecule has 0 spiro atoms. The molecule has 0 aliphatic carbocycles. The van der Waals surface area contributed by atoms with Gasteiger partial charge in [0.25, 0.3) is 5.91 Å². The van der Waals surface area contributed by atoms with Crippen molar-refractivity contribution in [1.82, 2.24) is 4.90 Å². The van der Waals surface area contributed by atoms with Crippen LogP contribution in [0.3, 0.4) is 0 Å². The lowest BCUT2D eigenvalue weighted by Gasteiger charge is -2.19. The number of hydrogen-bond donors (Lipinski definition) is 0. The summed E-state index contributed by atoms with van der Waals surface area (Å²) in [6.45, 7) is 3.77. The monoisotopic (exact) mass is 598 g/mol. The number of thiocarbonyl (C=S) groups is 1. The van der Waals surface area contributed by atoms with E-state index >= 15 is 0 Å². The molecule has 0 aromatic heterocycles. The number of benzene rings is 2. The van der Waals surface area contributed by atoms with Crippen LogP contribution in [0.25, 0.3) is 6.08 Å². The summed E-state index contributed by atoms with van der Waals surface area (Å²) in [5, 5.41) is 0.694. The van der Waals surface area contributed by atoms with Crippen molar-refractivity contribution in [2.45, 2.75) is 0 Å². The molecule has 0 saturated carbocycles. The van der Waals surface area contributed by atoms with E-state index in [9.17, 15) is 9.59 Å². The highest BCUT2D eigenvalue weighted by Crippen LogP contribution is 2.36. The van der Waals surface area contributed by atoms with Crippen molar-refractivity contribution in [2.75, 3.05) is 25.2 Å². The molecule has 3 rings (SSSR count). The van der Waals surface area contributed by atoms with Crippen LogP contribution in [0.4, 0.5) is 5.69 Å². The summed E-state index contributed by atoms with van der Waals surface area (Å²) in [5.74, 6) is -0.297. The Labute approximate surface area is 212 Å². The third kappa shape index (κ3) is 5.23. The first kappa shape index (κ1) is 24.4. The number of methoxy groups -OCH3 is 1. The van der Waals surface area contributed by atoms with E-state index < -0.39 is 5.97 Å². The van der Waals surface area contributed by atoms with Crippen LogP contribution in [0.1, 0.15) is 5.56 Å². The summed E-state index contributed by atoms with van der Waals surface area (Å²) in [7, 11) is 1.28. The first-order chi connectivity index (χ1) is 15.3. The average Bonchev–Trinajstić information content (AvgIpc) is 2.98. The lowest BCUT2D eigenvalue weighted by molar-refractivity contribution is -0.140. The molecule has 2 aromatic rings. The van der Waals surface area contributed by atoms with E-state index in [1.165, 1.54) is 16.9 Å². The van der Waals surface area contributed by atoms with Crippen molar-refractivity contribution in [1.29, 1.82) is 0 Å². The van der Waals surface area contributed by atoms with Gasteiger partial charge in [-0.1, -0.05) is 24.3 Å². The lowest BCUT2D eigenvalue weighted by atomic mass is 10.1. The van der Waals surface area contributed by atoms with E-state index in [4.69, 9.17) is 33.3 Å². The predicted octanol–water partition coefficient (Wildman–Crippen LogP) is 5.58. The molecular weight excluding hydrogens is 584 g/mol. The van der Waals surface area contributed by atoms with Crippen molar-refractivity contribution in [2.24, 2.45) is 0 Å². The van der Waals surface area contributed by atoms with Crippen LogP contribution in [0.2, 0.25) is 5.02 Å². The van der Waals surface area contributed by atoms with Gasteiger partial charge in [0, 0.05) is 5.02 Å². The molecule has 166 valence electrons. The lowest BCUT2D eigenvalue weighted by Crippen LogP contribution is -2.35. The van der Waals surface area contributed by atoms with Gasteiger partial charge in [-0.25, -0.2) is 0 Å². The summed E-state index contributed by atoms with van der Waals surface area (Å²) in [6, 6.07) is 10.3. The number of anilines is 1. The SMILES string of the molecule is C=CCOc1c(Br)cc(/C=C2/C(=O)N(c3ccc(Cl)cc3)C(=S)N2CC(=O)OC)cc1Br. The number of halogens is 3. The minimum atomic E-state index is -0.528. The largest absolute Gasteiger partial charge is 0.487 e. The molecular formula is C22H17Br2ClN2O4S. The van der Waals surface area contributed by atoms with Gasteiger partial charge >= 0.3 is 5.97 Å². The maximum atomic E-state index is 13.3. The number of esters is 1. The van der Waals surface area contributed by atoms with Gasteiger partial charge in [-0.3, -0.25) is 14.5 Å². The van der Waals surface area contributed by atoms with Crippen molar-refractivity contribution >= 4 is 84.4 Å². The second-order valence-electron chi connectivity index (χ2n) is 6.50. The second-order valence-corrected chi connectivity index (χ2v) is 9.02. The van der Waals surface area contributed by atoms with E-state index in [1.54, 1.807) is 48.6 Å². The molecule has 1 fully saturated rings. The van der Waals surface area contributed by atoms with Gasteiger partial charge in [-0.2, -0.15) is 0 Å². The molecule has 2 aromatic carbocycles. The molecule has 32 heavy (non-hydrogen) atoms. The van der Waals surface area contributed by atoms with Gasteiger partial charge in [0.1, 0.15) is 24.6 Å². The van der Waals surface area contributed by atoms with Crippen LogP contribution < -0.4 is 9.64 Å². The minimum absolute atomic E-state index is 0.165. The third-order valence-corrected chi connectivity index (χ3v) is 6.24. The fourth-order valence-corrected chi connectivity index (χ4v) is 4.87. The Hall–Kier alpha value is -2.20. The summed E-state index contributed by atoms with van der Waals surface area (Å²) in [6.07, 6.45) is 3.29. The Bertz CT molecular complexity index is 1100. The zero-order valence-corrected chi connectivity index (χ0v) is 21.6. The number of rotatable bonds is 7. The number of ether oxygens (including phenoxy) is 2. The zero-order chi connectivity index (χ0) is 23.4. The number of carbonyl (C=O) groups is 2. The van der Waals surface area contributed by atoms with E-state index in [1.807, 2.05) is 0 Å². The Kier molecular flexibility index (Phi) is 8.10. The van der Waals surface area contributed by atoms with Crippen LogP contribution in [0, 0.1) is 0 Å². The average molecular weight is 601 g/mol. The highest BCUT2D eigenvalue weighted by atomic mass is 79.9. The van der Waals surface area contributed by atoms with Crippen molar-refractivity contribution in [3.63, 3.8) is 0 Å². The summed E-state index contributed by atoms with van der Waals surface area (Å²) in [4.78, 5) is 28.2. The Morgan fingerprint density at radius 1 is 1.22 bits per heavy atom. The molecule has 10 heteroatoms. The zero-order valence-electron chi connectivity index (χ0n) is 16.8. The molecule has 1 aliphatic heterocycles. The number of carbonyl (C=O) groups excluding carboxylic acids is 2. The molecule has 6 nitrogen and oxygen atoms in total. The standard InChI is InChI=1S/C22H17Br2ClN2O4S/c1-3-8-31-20-16(23)9-13(10-17(20)24)11-18-21(29)27(15-6-4-14(25)5-7-15)22(32)26(18)12-19(28)30-2/h3-7,9-11H,1,8,12H2,2H3/b18-11-. The first-order valence-electron chi connectivity index (χ1n) is 9.19. The molecule has 0 atom stereocenters. The normalized spacial score (nSPS) is 14.8. The van der Waals surface area contributed by atoms with Crippen molar-refractivity contribution < 1.29 is 19.1 Å². The number of amides is 1. The third-order valence-electron chi connectivity index (χ3n) is 4.40. The van der Waals surface area contributed by atoms with E-state index in [2.05, 4.69) is 38.4 Å². The Balaban J connectivity index is 2.05. The second kappa shape index (κ2) is 10.6. The van der Waals surface area contributed by atoms with Gasteiger partial charge < -0.3 is 14.4 Å². The summed E-state index contributed by atoms with van der Waals surface area (Å²) in [5.41, 5.74) is 1.46. The van der Waals surface area contributed by atoms with Gasteiger partial charge in [0.2, 0.25) is 0 Å². The fourth-order valence-electron chi connectivity index (χ4n) is 2.95. The minimum Gasteiger partial charge on any atom is -0.487 e. The first-order valence-corrected chi connectivity index (χ1v) is 11.6. The molecule has 0 bridgehead atoms. The van der Waals surface area contributed by atoms with Gasteiger partial charge in [0.05, 0.1) is 21.7 Å². The maximum Gasteiger partial charge on any atom is 0.325 e. The number of hydrogen-bond acceptors (Lipinski definition) is 5.